The van der Waals surface area contributed by atoms with Crippen molar-refractivity contribution in [3.05, 3.63) is 71.8 Å². The molecule has 3 rings (SSSR count). The number of benzene rings is 2. The lowest BCUT2D eigenvalue weighted by Gasteiger charge is -2.43. The van der Waals surface area contributed by atoms with Gasteiger partial charge in [0.2, 0.25) is 5.91 Å². The summed E-state index contributed by atoms with van der Waals surface area (Å²) in [5.74, 6) is 0.990. The zero-order valence-electron chi connectivity index (χ0n) is 16.9. The summed E-state index contributed by atoms with van der Waals surface area (Å²) in [6.45, 7) is 7.25. The van der Waals surface area contributed by atoms with Crippen molar-refractivity contribution in [2.45, 2.75) is 39.5 Å². The predicted octanol–water partition coefficient (Wildman–Crippen LogP) is 4.29. The lowest BCUT2D eigenvalue weighted by atomic mass is 9.82. The molecule has 3 atom stereocenters. The van der Waals surface area contributed by atoms with Gasteiger partial charge in [-0.25, -0.2) is 0 Å². The van der Waals surface area contributed by atoms with E-state index in [0.29, 0.717) is 51.2 Å². The summed E-state index contributed by atoms with van der Waals surface area (Å²) < 4.78 is 11.8. The van der Waals surface area contributed by atoms with Gasteiger partial charge >= 0.3 is 0 Å². The van der Waals surface area contributed by atoms with E-state index in [2.05, 4.69) is 38.1 Å². The number of nitrogens with zero attached hydrogens (tertiary/aromatic N) is 1. The van der Waals surface area contributed by atoms with Crippen molar-refractivity contribution in [1.82, 2.24) is 4.90 Å². The standard InChI is InChI=1S/C24H31NO3/c1-19-15-24(26)25(13-14-27-16-21-9-5-3-6-10-21)23(20(19)2)18-28-17-22-11-7-4-8-12-22/h3-12,19-20,23H,13-18H2,1-2H3. The van der Waals surface area contributed by atoms with Gasteiger partial charge in [0.15, 0.2) is 0 Å². The third kappa shape index (κ3) is 5.66. The van der Waals surface area contributed by atoms with Gasteiger partial charge in [-0.3, -0.25) is 4.79 Å². The number of carbonyl (C=O) groups is 1. The second-order valence-corrected chi connectivity index (χ2v) is 7.73. The Morgan fingerprint density at radius 1 is 0.893 bits per heavy atom. The number of hydrogen-bond donors (Lipinski definition) is 0. The molecule has 1 saturated heterocycles. The molecule has 3 unspecified atom stereocenters. The molecule has 1 amide bonds. The minimum Gasteiger partial charge on any atom is -0.375 e. The first-order chi connectivity index (χ1) is 13.6. The van der Waals surface area contributed by atoms with Crippen molar-refractivity contribution >= 4 is 5.91 Å². The third-order valence-electron chi connectivity index (χ3n) is 5.71. The van der Waals surface area contributed by atoms with Gasteiger partial charge in [0.05, 0.1) is 32.5 Å². The number of piperidine rings is 1. The molecule has 1 fully saturated rings. The van der Waals surface area contributed by atoms with Crippen LogP contribution in [0.25, 0.3) is 0 Å². The molecular formula is C24H31NO3. The molecule has 0 aromatic heterocycles. The molecule has 2 aromatic rings. The number of amides is 1. The van der Waals surface area contributed by atoms with Crippen molar-refractivity contribution in [3.8, 4) is 0 Å². The largest absolute Gasteiger partial charge is 0.375 e. The normalized spacial score (nSPS) is 22.4. The third-order valence-corrected chi connectivity index (χ3v) is 5.71. The summed E-state index contributed by atoms with van der Waals surface area (Å²) in [5, 5.41) is 0. The summed E-state index contributed by atoms with van der Waals surface area (Å²) in [7, 11) is 0. The number of hydrogen-bond acceptors (Lipinski definition) is 3. The Morgan fingerprint density at radius 3 is 2.07 bits per heavy atom. The molecule has 1 heterocycles. The van der Waals surface area contributed by atoms with Crippen molar-refractivity contribution in [2.75, 3.05) is 19.8 Å². The number of carbonyl (C=O) groups excluding carboxylic acids is 1. The molecule has 4 nitrogen and oxygen atoms in total. The van der Waals surface area contributed by atoms with Crippen LogP contribution in [0.5, 0.6) is 0 Å². The van der Waals surface area contributed by atoms with Crippen LogP contribution in [0.2, 0.25) is 0 Å². The van der Waals surface area contributed by atoms with E-state index >= 15 is 0 Å². The Hall–Kier alpha value is -2.17. The first-order valence-corrected chi connectivity index (χ1v) is 10.2. The van der Waals surface area contributed by atoms with E-state index in [-0.39, 0.29) is 11.9 Å². The van der Waals surface area contributed by atoms with E-state index in [9.17, 15) is 4.79 Å². The lowest BCUT2D eigenvalue weighted by molar-refractivity contribution is -0.145. The van der Waals surface area contributed by atoms with Gasteiger partial charge in [0.25, 0.3) is 0 Å². The maximum absolute atomic E-state index is 12.7. The van der Waals surface area contributed by atoms with E-state index in [0.717, 1.165) is 11.1 Å². The molecule has 0 bridgehead atoms. The number of ether oxygens (including phenoxy) is 2. The van der Waals surface area contributed by atoms with Crippen molar-refractivity contribution in [1.29, 1.82) is 0 Å². The van der Waals surface area contributed by atoms with Crippen LogP contribution in [0.4, 0.5) is 0 Å². The van der Waals surface area contributed by atoms with E-state index in [1.165, 1.54) is 0 Å². The highest BCUT2D eigenvalue weighted by atomic mass is 16.5. The fraction of sp³-hybridized carbons (Fsp3) is 0.458. The highest BCUT2D eigenvalue weighted by molar-refractivity contribution is 5.77. The van der Waals surface area contributed by atoms with Gasteiger partial charge in [-0.2, -0.15) is 0 Å². The minimum atomic E-state index is 0.0975. The van der Waals surface area contributed by atoms with Gasteiger partial charge < -0.3 is 14.4 Å². The smallest absolute Gasteiger partial charge is 0.223 e. The summed E-state index contributed by atoms with van der Waals surface area (Å²) in [6.07, 6.45) is 0.606. The zero-order valence-corrected chi connectivity index (χ0v) is 16.9. The molecule has 0 radical (unpaired) electrons. The molecule has 1 aliphatic heterocycles. The van der Waals surface area contributed by atoms with Gasteiger partial charge in [-0.1, -0.05) is 74.5 Å². The van der Waals surface area contributed by atoms with Crippen molar-refractivity contribution in [3.63, 3.8) is 0 Å². The lowest BCUT2D eigenvalue weighted by Crippen LogP contribution is -2.53. The summed E-state index contributed by atoms with van der Waals surface area (Å²) in [6, 6.07) is 20.4. The fourth-order valence-electron chi connectivity index (χ4n) is 3.76. The predicted molar refractivity (Wildman–Crippen MR) is 111 cm³/mol. The molecule has 4 heteroatoms. The van der Waals surface area contributed by atoms with Crippen LogP contribution in [-0.4, -0.2) is 36.6 Å². The molecule has 0 spiro atoms. The maximum atomic E-state index is 12.7. The quantitative estimate of drug-likeness (QED) is 0.608. The van der Waals surface area contributed by atoms with E-state index < -0.39 is 0 Å². The minimum absolute atomic E-state index is 0.0975. The number of likely N-dealkylation sites (tertiary alicyclic amines) is 1. The second kappa shape index (κ2) is 10.4. The maximum Gasteiger partial charge on any atom is 0.223 e. The highest BCUT2D eigenvalue weighted by Crippen LogP contribution is 2.29. The van der Waals surface area contributed by atoms with Crippen LogP contribution in [0.1, 0.15) is 31.4 Å². The fourth-order valence-corrected chi connectivity index (χ4v) is 3.76. The topological polar surface area (TPSA) is 38.8 Å². The Morgan fingerprint density at radius 2 is 1.46 bits per heavy atom. The molecule has 28 heavy (non-hydrogen) atoms. The summed E-state index contributed by atoms with van der Waals surface area (Å²) in [4.78, 5) is 14.6. The van der Waals surface area contributed by atoms with Crippen LogP contribution < -0.4 is 0 Å². The van der Waals surface area contributed by atoms with Gasteiger partial charge in [0, 0.05) is 13.0 Å². The van der Waals surface area contributed by atoms with Crippen molar-refractivity contribution < 1.29 is 14.3 Å². The highest BCUT2D eigenvalue weighted by Gasteiger charge is 2.37. The summed E-state index contributed by atoms with van der Waals surface area (Å²) >= 11 is 0. The van der Waals surface area contributed by atoms with E-state index in [1.807, 2.05) is 41.3 Å². The SMILES string of the molecule is CC1CC(=O)N(CCOCc2ccccc2)C(COCc2ccccc2)C1C. The molecule has 1 aliphatic rings. The van der Waals surface area contributed by atoms with Gasteiger partial charge in [-0.15, -0.1) is 0 Å². The summed E-state index contributed by atoms with van der Waals surface area (Å²) in [5.41, 5.74) is 2.31. The van der Waals surface area contributed by atoms with E-state index in [1.54, 1.807) is 0 Å². The van der Waals surface area contributed by atoms with Crippen LogP contribution in [0, 0.1) is 11.8 Å². The van der Waals surface area contributed by atoms with Crippen LogP contribution >= 0.6 is 0 Å². The average molecular weight is 382 g/mol. The molecule has 0 saturated carbocycles. The van der Waals surface area contributed by atoms with Crippen molar-refractivity contribution in [2.24, 2.45) is 11.8 Å². The monoisotopic (exact) mass is 381 g/mol. The van der Waals surface area contributed by atoms with E-state index in [4.69, 9.17) is 9.47 Å². The first-order valence-electron chi connectivity index (χ1n) is 10.2. The molecule has 0 aliphatic carbocycles. The zero-order chi connectivity index (χ0) is 19.8. The Bertz CT molecular complexity index is 719. The van der Waals surface area contributed by atoms with Crippen LogP contribution in [-0.2, 0) is 27.5 Å². The van der Waals surface area contributed by atoms with Crippen LogP contribution in [0.3, 0.4) is 0 Å². The molecule has 0 N–H and O–H groups in total. The molecular weight excluding hydrogens is 350 g/mol. The van der Waals surface area contributed by atoms with Crippen LogP contribution in [0.15, 0.2) is 60.7 Å². The van der Waals surface area contributed by atoms with Gasteiger partial charge in [-0.05, 0) is 23.0 Å². The number of rotatable bonds is 9. The Labute approximate surface area is 168 Å². The van der Waals surface area contributed by atoms with Gasteiger partial charge in [0.1, 0.15) is 0 Å². The molecule has 2 aromatic carbocycles. The molecule has 150 valence electrons. The Balaban J connectivity index is 1.52. The average Bonchev–Trinajstić information content (AvgIpc) is 2.72. The second-order valence-electron chi connectivity index (χ2n) is 7.73. The Kier molecular flexibility index (Phi) is 7.63. The first kappa shape index (κ1) is 20.6.